The summed E-state index contributed by atoms with van der Waals surface area (Å²) in [6.45, 7) is 3.22. The molecule has 3 rings (SSSR count). The standard InChI is InChI=1S/C21H28N4O.HI/c1-22-21(25-13-12-17-8-4-6-10-19(17)25)23-16-18-9-5-7-11-20(18)26-15-14-24(2)3;/h4-11H,12-16H2,1-3H3,(H,22,23);1H. The SMILES string of the molecule is CN=C(NCc1ccccc1OCCN(C)C)N1CCc2ccccc21.I. The van der Waals surface area contributed by atoms with E-state index < -0.39 is 0 Å². The van der Waals surface area contributed by atoms with Crippen LogP contribution in [-0.2, 0) is 13.0 Å². The Hall–Kier alpha value is -1.80. The van der Waals surface area contributed by atoms with Gasteiger partial charge in [-0.2, -0.15) is 0 Å². The van der Waals surface area contributed by atoms with E-state index in [0.29, 0.717) is 13.2 Å². The molecule has 5 nitrogen and oxygen atoms in total. The molecule has 0 saturated heterocycles. The molecule has 27 heavy (non-hydrogen) atoms. The second kappa shape index (κ2) is 10.5. The Morgan fingerprint density at radius 2 is 1.89 bits per heavy atom. The average Bonchev–Trinajstić information content (AvgIpc) is 3.07. The highest BCUT2D eigenvalue weighted by Gasteiger charge is 2.22. The molecule has 1 heterocycles. The fourth-order valence-electron chi connectivity index (χ4n) is 3.16. The summed E-state index contributed by atoms with van der Waals surface area (Å²) in [5, 5.41) is 3.49. The molecule has 0 atom stereocenters. The number of nitrogens with zero attached hydrogens (tertiary/aromatic N) is 3. The number of anilines is 1. The topological polar surface area (TPSA) is 40.1 Å². The zero-order chi connectivity index (χ0) is 18.4. The van der Waals surface area contributed by atoms with Crippen molar-refractivity contribution in [2.24, 2.45) is 4.99 Å². The Balaban J connectivity index is 0.00000261. The summed E-state index contributed by atoms with van der Waals surface area (Å²) in [6, 6.07) is 16.7. The fourth-order valence-corrected chi connectivity index (χ4v) is 3.16. The normalized spacial score (nSPS) is 13.3. The average molecular weight is 480 g/mol. The van der Waals surface area contributed by atoms with Crippen LogP contribution in [0.3, 0.4) is 0 Å². The van der Waals surface area contributed by atoms with Crippen molar-refractivity contribution in [2.45, 2.75) is 13.0 Å². The molecule has 0 aromatic heterocycles. The van der Waals surface area contributed by atoms with Crippen molar-refractivity contribution in [3.63, 3.8) is 0 Å². The van der Waals surface area contributed by atoms with E-state index in [9.17, 15) is 0 Å². The van der Waals surface area contributed by atoms with E-state index in [0.717, 1.165) is 36.8 Å². The van der Waals surface area contributed by atoms with Gasteiger partial charge in [0.2, 0.25) is 0 Å². The molecule has 0 radical (unpaired) electrons. The number of aliphatic imine (C=N–C) groups is 1. The number of nitrogens with one attached hydrogen (secondary N) is 1. The third-order valence-corrected chi connectivity index (χ3v) is 4.56. The highest BCUT2D eigenvalue weighted by molar-refractivity contribution is 14.0. The summed E-state index contributed by atoms with van der Waals surface area (Å²) in [7, 11) is 5.94. The minimum Gasteiger partial charge on any atom is -0.492 e. The molecule has 6 heteroatoms. The Kier molecular flexibility index (Phi) is 8.37. The predicted molar refractivity (Wildman–Crippen MR) is 124 cm³/mol. The number of para-hydroxylation sites is 2. The molecule has 1 N–H and O–H groups in total. The van der Waals surface area contributed by atoms with Crippen LogP contribution in [0.25, 0.3) is 0 Å². The van der Waals surface area contributed by atoms with Crippen molar-refractivity contribution in [1.82, 2.24) is 10.2 Å². The molecule has 1 aliphatic rings. The zero-order valence-electron chi connectivity index (χ0n) is 16.3. The summed E-state index contributed by atoms with van der Waals surface area (Å²) in [5.74, 6) is 1.83. The fraction of sp³-hybridized carbons (Fsp3) is 0.381. The van der Waals surface area contributed by atoms with Crippen LogP contribution in [0, 0.1) is 0 Å². The number of halogens is 1. The molecule has 1 aliphatic heterocycles. The van der Waals surface area contributed by atoms with Crippen molar-refractivity contribution in [2.75, 3.05) is 45.7 Å². The highest BCUT2D eigenvalue weighted by Crippen LogP contribution is 2.27. The number of guanidine groups is 1. The maximum Gasteiger partial charge on any atom is 0.198 e. The van der Waals surface area contributed by atoms with Gasteiger partial charge in [-0.15, -0.1) is 24.0 Å². The molecule has 0 spiro atoms. The molecular weight excluding hydrogens is 451 g/mol. The minimum atomic E-state index is 0. The number of ether oxygens (including phenoxy) is 1. The summed E-state index contributed by atoms with van der Waals surface area (Å²) in [6.07, 6.45) is 1.06. The van der Waals surface area contributed by atoms with Gasteiger partial charge in [-0.3, -0.25) is 4.99 Å². The van der Waals surface area contributed by atoms with Crippen LogP contribution in [0.4, 0.5) is 5.69 Å². The minimum absolute atomic E-state index is 0. The molecule has 0 fully saturated rings. The molecule has 0 saturated carbocycles. The zero-order valence-corrected chi connectivity index (χ0v) is 18.6. The van der Waals surface area contributed by atoms with Crippen LogP contribution in [0.2, 0.25) is 0 Å². The first kappa shape index (κ1) is 21.5. The number of fused-ring (bicyclic) bond motifs is 1. The number of rotatable bonds is 6. The summed E-state index contributed by atoms with van der Waals surface area (Å²) >= 11 is 0. The first-order chi connectivity index (χ1) is 12.7. The number of benzene rings is 2. The van der Waals surface area contributed by atoms with Crippen LogP contribution in [0.1, 0.15) is 11.1 Å². The first-order valence-corrected chi connectivity index (χ1v) is 9.10. The van der Waals surface area contributed by atoms with Crippen molar-refractivity contribution >= 4 is 35.6 Å². The Bertz CT molecular complexity index is 763. The summed E-state index contributed by atoms with van der Waals surface area (Å²) < 4.78 is 5.96. The lowest BCUT2D eigenvalue weighted by Crippen LogP contribution is -2.40. The Morgan fingerprint density at radius 3 is 2.67 bits per heavy atom. The van der Waals surface area contributed by atoms with Gasteiger partial charge in [0.15, 0.2) is 5.96 Å². The molecule has 0 aliphatic carbocycles. The number of hydrogen-bond donors (Lipinski definition) is 1. The second-order valence-electron chi connectivity index (χ2n) is 6.69. The van der Waals surface area contributed by atoms with Crippen LogP contribution in [0.15, 0.2) is 53.5 Å². The van der Waals surface area contributed by atoms with Crippen LogP contribution < -0.4 is 15.0 Å². The lowest BCUT2D eigenvalue weighted by atomic mass is 10.2. The third kappa shape index (κ3) is 5.59. The predicted octanol–water partition coefficient (Wildman–Crippen LogP) is 3.38. The quantitative estimate of drug-likeness (QED) is 0.391. The van der Waals surface area contributed by atoms with Crippen molar-refractivity contribution in [3.8, 4) is 5.75 Å². The van der Waals surface area contributed by atoms with E-state index in [1.807, 2.05) is 25.2 Å². The lowest BCUT2D eigenvalue weighted by Gasteiger charge is -2.23. The van der Waals surface area contributed by atoms with E-state index >= 15 is 0 Å². The van der Waals surface area contributed by atoms with E-state index in [2.05, 4.69) is 64.5 Å². The number of hydrogen-bond acceptors (Lipinski definition) is 3. The molecule has 146 valence electrons. The smallest absolute Gasteiger partial charge is 0.198 e. The summed E-state index contributed by atoms with van der Waals surface area (Å²) in [5.41, 5.74) is 3.76. The highest BCUT2D eigenvalue weighted by atomic mass is 127. The van der Waals surface area contributed by atoms with E-state index in [1.165, 1.54) is 11.3 Å². The largest absolute Gasteiger partial charge is 0.492 e. The van der Waals surface area contributed by atoms with Gasteiger partial charge in [0.25, 0.3) is 0 Å². The van der Waals surface area contributed by atoms with Crippen LogP contribution in [-0.4, -0.2) is 51.7 Å². The molecule has 0 bridgehead atoms. The van der Waals surface area contributed by atoms with Gasteiger partial charge in [0.05, 0.1) is 0 Å². The van der Waals surface area contributed by atoms with Gasteiger partial charge in [-0.25, -0.2) is 0 Å². The Labute approximate surface area is 179 Å². The molecule has 0 unspecified atom stereocenters. The van der Waals surface area contributed by atoms with Crippen LogP contribution in [0.5, 0.6) is 5.75 Å². The maximum atomic E-state index is 5.96. The second-order valence-corrected chi connectivity index (χ2v) is 6.69. The van der Waals surface area contributed by atoms with Gasteiger partial charge < -0.3 is 19.9 Å². The van der Waals surface area contributed by atoms with Gasteiger partial charge in [-0.05, 0) is 38.2 Å². The third-order valence-electron chi connectivity index (χ3n) is 4.56. The van der Waals surface area contributed by atoms with E-state index in [4.69, 9.17) is 4.74 Å². The van der Waals surface area contributed by atoms with Gasteiger partial charge >= 0.3 is 0 Å². The monoisotopic (exact) mass is 480 g/mol. The van der Waals surface area contributed by atoms with Gasteiger partial charge in [-0.1, -0.05) is 36.4 Å². The lowest BCUT2D eigenvalue weighted by molar-refractivity contribution is 0.259. The van der Waals surface area contributed by atoms with Crippen LogP contribution >= 0.6 is 24.0 Å². The van der Waals surface area contributed by atoms with E-state index in [-0.39, 0.29) is 24.0 Å². The maximum absolute atomic E-state index is 5.96. The Morgan fingerprint density at radius 1 is 1.15 bits per heavy atom. The molecular formula is C21H29IN4O. The number of likely N-dealkylation sites (N-methyl/N-ethyl adjacent to an activating group) is 1. The van der Waals surface area contributed by atoms with Crippen molar-refractivity contribution in [3.05, 3.63) is 59.7 Å². The molecule has 2 aromatic carbocycles. The summed E-state index contributed by atoms with van der Waals surface area (Å²) in [4.78, 5) is 8.86. The van der Waals surface area contributed by atoms with Gasteiger partial charge in [0, 0.05) is 37.9 Å². The van der Waals surface area contributed by atoms with Gasteiger partial charge in [0.1, 0.15) is 12.4 Å². The van der Waals surface area contributed by atoms with Crippen molar-refractivity contribution < 1.29 is 4.74 Å². The molecule has 0 amide bonds. The van der Waals surface area contributed by atoms with Crippen molar-refractivity contribution in [1.29, 1.82) is 0 Å². The van der Waals surface area contributed by atoms with E-state index in [1.54, 1.807) is 0 Å². The molecule has 2 aromatic rings. The first-order valence-electron chi connectivity index (χ1n) is 9.10.